The van der Waals surface area contributed by atoms with Gasteiger partial charge in [0, 0.05) is 0 Å². The molecule has 2 nitrogen and oxygen atoms in total. The Morgan fingerprint density at radius 2 is 1.86 bits per heavy atom. The number of nitrogens with one attached hydrogen (secondary N) is 1. The molecule has 0 saturated heterocycles. The van der Waals surface area contributed by atoms with Crippen molar-refractivity contribution in [2.75, 3.05) is 19.7 Å². The minimum absolute atomic E-state index is 0.755. The summed E-state index contributed by atoms with van der Waals surface area (Å²) in [6, 6.07) is 6.64. The first-order valence-electron chi connectivity index (χ1n) is 8.71. The van der Waals surface area contributed by atoms with Crippen molar-refractivity contribution >= 4 is 0 Å². The van der Waals surface area contributed by atoms with E-state index >= 15 is 0 Å². The van der Waals surface area contributed by atoms with Crippen molar-refractivity contribution in [1.82, 2.24) is 5.32 Å². The fourth-order valence-corrected chi connectivity index (χ4v) is 2.92. The molecule has 2 heteroatoms. The fraction of sp³-hybridized carbons (Fsp3) is 0.684. The highest BCUT2D eigenvalue weighted by Crippen LogP contribution is 2.26. The molecule has 1 aliphatic rings. The minimum atomic E-state index is 0.755. The van der Waals surface area contributed by atoms with Gasteiger partial charge in [0.2, 0.25) is 0 Å². The van der Waals surface area contributed by atoms with Gasteiger partial charge in [0.25, 0.3) is 0 Å². The zero-order valence-corrected chi connectivity index (χ0v) is 13.8. The SMILES string of the molecule is CC(C)CNCCCCCCOc1ccc2c(c1)CCC2. The second-order valence-corrected chi connectivity index (χ2v) is 6.64. The van der Waals surface area contributed by atoms with E-state index in [0.29, 0.717) is 0 Å². The van der Waals surface area contributed by atoms with Crippen molar-refractivity contribution in [3.8, 4) is 5.75 Å². The van der Waals surface area contributed by atoms with E-state index in [1.54, 1.807) is 0 Å². The van der Waals surface area contributed by atoms with Crippen LogP contribution < -0.4 is 10.1 Å². The first-order chi connectivity index (χ1) is 10.3. The van der Waals surface area contributed by atoms with Gasteiger partial charge >= 0.3 is 0 Å². The summed E-state index contributed by atoms with van der Waals surface area (Å²) in [4.78, 5) is 0. The third-order valence-corrected chi connectivity index (χ3v) is 4.14. The summed E-state index contributed by atoms with van der Waals surface area (Å²) in [5.74, 6) is 1.82. The molecule has 1 N–H and O–H groups in total. The van der Waals surface area contributed by atoms with Crippen LogP contribution in [0.3, 0.4) is 0 Å². The summed E-state index contributed by atoms with van der Waals surface area (Å²) in [6.45, 7) is 7.66. The van der Waals surface area contributed by atoms with Crippen LogP contribution in [0.25, 0.3) is 0 Å². The molecule has 0 saturated carbocycles. The Balaban J connectivity index is 1.48. The van der Waals surface area contributed by atoms with Crippen LogP contribution in [-0.4, -0.2) is 19.7 Å². The number of rotatable bonds is 10. The van der Waals surface area contributed by atoms with Crippen molar-refractivity contribution in [2.24, 2.45) is 5.92 Å². The molecule has 1 aliphatic carbocycles. The van der Waals surface area contributed by atoms with Crippen LogP contribution in [0.2, 0.25) is 0 Å². The van der Waals surface area contributed by atoms with Gasteiger partial charge in [-0.2, -0.15) is 0 Å². The number of aryl methyl sites for hydroxylation is 2. The van der Waals surface area contributed by atoms with Gasteiger partial charge in [-0.3, -0.25) is 0 Å². The van der Waals surface area contributed by atoms with E-state index in [2.05, 4.69) is 37.4 Å². The summed E-state index contributed by atoms with van der Waals surface area (Å²) < 4.78 is 5.87. The molecule has 0 fully saturated rings. The third-order valence-electron chi connectivity index (χ3n) is 4.14. The van der Waals surface area contributed by atoms with Crippen LogP contribution in [0, 0.1) is 5.92 Å². The Morgan fingerprint density at radius 3 is 2.71 bits per heavy atom. The molecule has 118 valence electrons. The predicted molar refractivity (Wildman–Crippen MR) is 90.1 cm³/mol. The maximum absolute atomic E-state index is 5.87. The molecule has 0 aromatic heterocycles. The monoisotopic (exact) mass is 289 g/mol. The predicted octanol–water partition coefficient (Wildman–Crippen LogP) is 4.36. The fourth-order valence-electron chi connectivity index (χ4n) is 2.92. The first kappa shape index (κ1) is 16.4. The lowest BCUT2D eigenvalue weighted by molar-refractivity contribution is 0.304. The van der Waals surface area contributed by atoms with Crippen LogP contribution >= 0.6 is 0 Å². The highest BCUT2D eigenvalue weighted by molar-refractivity contribution is 5.38. The van der Waals surface area contributed by atoms with E-state index in [0.717, 1.165) is 31.4 Å². The van der Waals surface area contributed by atoms with Gasteiger partial charge in [0.05, 0.1) is 6.61 Å². The second-order valence-electron chi connectivity index (χ2n) is 6.64. The summed E-state index contributed by atoms with van der Waals surface area (Å²) in [6.07, 6.45) is 8.82. The Bertz CT molecular complexity index is 414. The van der Waals surface area contributed by atoms with Gasteiger partial charge in [-0.05, 0) is 74.4 Å². The van der Waals surface area contributed by atoms with Crippen molar-refractivity contribution in [1.29, 1.82) is 0 Å². The molecule has 0 aliphatic heterocycles. The Labute approximate surface area is 130 Å². The van der Waals surface area contributed by atoms with Gasteiger partial charge in [0.1, 0.15) is 5.75 Å². The molecule has 0 amide bonds. The van der Waals surface area contributed by atoms with Gasteiger partial charge in [-0.15, -0.1) is 0 Å². The standard InChI is InChI=1S/C19H31NO/c1-16(2)15-20-12-5-3-4-6-13-21-19-11-10-17-8-7-9-18(17)14-19/h10-11,14,16,20H,3-9,12-13,15H2,1-2H3. The largest absolute Gasteiger partial charge is 0.494 e. The van der Waals surface area contributed by atoms with Gasteiger partial charge in [-0.25, -0.2) is 0 Å². The first-order valence-corrected chi connectivity index (χ1v) is 8.71. The number of fused-ring (bicyclic) bond motifs is 1. The summed E-state index contributed by atoms with van der Waals surface area (Å²) in [5, 5.41) is 3.49. The second kappa shape index (κ2) is 9.09. The van der Waals surface area contributed by atoms with Crippen molar-refractivity contribution in [3.63, 3.8) is 0 Å². The number of benzene rings is 1. The molecule has 0 heterocycles. The van der Waals surface area contributed by atoms with Crippen LogP contribution in [-0.2, 0) is 12.8 Å². The molecule has 0 atom stereocenters. The van der Waals surface area contributed by atoms with E-state index < -0.39 is 0 Å². The Morgan fingerprint density at radius 1 is 1.05 bits per heavy atom. The molecule has 21 heavy (non-hydrogen) atoms. The van der Waals surface area contributed by atoms with Crippen LogP contribution in [0.5, 0.6) is 5.75 Å². The van der Waals surface area contributed by atoms with Crippen LogP contribution in [0.15, 0.2) is 18.2 Å². The zero-order valence-electron chi connectivity index (χ0n) is 13.8. The third kappa shape index (κ3) is 6.09. The number of hydrogen-bond donors (Lipinski definition) is 1. The quantitative estimate of drug-likeness (QED) is 0.646. The highest BCUT2D eigenvalue weighted by atomic mass is 16.5. The van der Waals surface area contributed by atoms with Gasteiger partial charge < -0.3 is 10.1 Å². The maximum atomic E-state index is 5.87. The molecule has 0 unspecified atom stereocenters. The molecule has 2 rings (SSSR count). The summed E-state index contributed by atoms with van der Waals surface area (Å²) >= 11 is 0. The van der Waals surface area contributed by atoms with Crippen molar-refractivity contribution in [2.45, 2.75) is 58.8 Å². The topological polar surface area (TPSA) is 21.3 Å². The molecule has 0 spiro atoms. The van der Waals surface area contributed by atoms with Gasteiger partial charge in [0.15, 0.2) is 0 Å². The average molecular weight is 289 g/mol. The summed E-state index contributed by atoms with van der Waals surface area (Å²) in [5.41, 5.74) is 3.03. The van der Waals surface area contributed by atoms with E-state index in [1.165, 1.54) is 56.1 Å². The zero-order chi connectivity index (χ0) is 14.9. The maximum Gasteiger partial charge on any atom is 0.119 e. The van der Waals surface area contributed by atoms with E-state index in [1.807, 2.05) is 0 Å². The smallest absolute Gasteiger partial charge is 0.119 e. The van der Waals surface area contributed by atoms with E-state index in [4.69, 9.17) is 4.74 Å². The van der Waals surface area contributed by atoms with E-state index in [9.17, 15) is 0 Å². The molecule has 0 radical (unpaired) electrons. The molecular weight excluding hydrogens is 258 g/mol. The average Bonchev–Trinajstić information content (AvgIpc) is 2.92. The van der Waals surface area contributed by atoms with Gasteiger partial charge in [-0.1, -0.05) is 32.8 Å². The van der Waals surface area contributed by atoms with Crippen molar-refractivity contribution in [3.05, 3.63) is 29.3 Å². The Hall–Kier alpha value is -1.02. The lowest BCUT2D eigenvalue weighted by Gasteiger charge is -2.09. The van der Waals surface area contributed by atoms with E-state index in [-0.39, 0.29) is 0 Å². The molecule has 1 aromatic rings. The number of unbranched alkanes of at least 4 members (excludes halogenated alkanes) is 3. The molecule has 0 bridgehead atoms. The van der Waals surface area contributed by atoms with Crippen molar-refractivity contribution < 1.29 is 4.74 Å². The molecule has 1 aromatic carbocycles. The summed E-state index contributed by atoms with van der Waals surface area (Å²) in [7, 11) is 0. The minimum Gasteiger partial charge on any atom is -0.494 e. The number of ether oxygens (including phenoxy) is 1. The Kier molecular flexibility index (Phi) is 7.08. The van der Waals surface area contributed by atoms with Crippen LogP contribution in [0.4, 0.5) is 0 Å². The number of hydrogen-bond acceptors (Lipinski definition) is 2. The van der Waals surface area contributed by atoms with Crippen LogP contribution in [0.1, 0.15) is 57.1 Å². The normalized spacial score (nSPS) is 13.7. The lowest BCUT2D eigenvalue weighted by Crippen LogP contribution is -2.20. The molecular formula is C19H31NO. The highest BCUT2D eigenvalue weighted by Gasteiger charge is 2.10. The lowest BCUT2D eigenvalue weighted by atomic mass is 10.1.